The van der Waals surface area contributed by atoms with Crippen molar-refractivity contribution >= 4 is 16.9 Å². The van der Waals surface area contributed by atoms with Crippen molar-refractivity contribution in [1.29, 1.82) is 5.26 Å². The summed E-state index contributed by atoms with van der Waals surface area (Å²) in [5.41, 5.74) is 3.07. The largest absolute Gasteiger partial charge is 0.341 e. The average molecular weight is 331 g/mol. The second-order valence-corrected chi connectivity index (χ2v) is 6.09. The first kappa shape index (κ1) is 15.4. The second kappa shape index (κ2) is 6.38. The quantitative estimate of drug-likeness (QED) is 0.754. The number of aromatic nitrogens is 2. The minimum absolute atomic E-state index is 0.0212. The van der Waals surface area contributed by atoms with Crippen LogP contribution in [0, 0.1) is 11.3 Å². The van der Waals surface area contributed by atoms with Crippen molar-refractivity contribution in [3.05, 3.63) is 65.5 Å². The minimum Gasteiger partial charge on any atom is -0.341 e. The van der Waals surface area contributed by atoms with E-state index in [1.54, 1.807) is 24.3 Å². The average Bonchev–Trinajstić information content (AvgIpc) is 3.12. The number of nitrogens with one attached hydrogen (secondary N) is 2. The molecule has 1 fully saturated rings. The smallest absolute Gasteiger partial charge is 0.253 e. The number of imidazole rings is 1. The minimum atomic E-state index is -0.0246. The Balaban J connectivity index is 1.53. The number of nitriles is 1. The molecular formula is C19H17N5O. The summed E-state index contributed by atoms with van der Waals surface area (Å²) in [4.78, 5) is 22.5. The standard InChI is InChI=1S/C19H17N5O/c20-11-13-5-7-14(8-6-13)19(25)24-10-9-21-17(12-24)18-22-15-3-1-2-4-16(15)23-18/h1-8,17,21H,9-10,12H2,(H,22,23). The number of carbonyl (C=O) groups excluding carboxylic acids is 1. The van der Waals surface area contributed by atoms with Crippen molar-refractivity contribution in [3.8, 4) is 6.07 Å². The van der Waals surface area contributed by atoms with E-state index in [9.17, 15) is 4.79 Å². The Hall–Kier alpha value is -3.17. The first-order chi connectivity index (χ1) is 12.2. The predicted octanol–water partition coefficient (Wildman–Crippen LogP) is 2.22. The summed E-state index contributed by atoms with van der Waals surface area (Å²) in [6, 6.07) is 16.7. The fraction of sp³-hybridized carbons (Fsp3) is 0.211. The zero-order valence-electron chi connectivity index (χ0n) is 13.6. The number of para-hydroxylation sites is 2. The van der Waals surface area contributed by atoms with E-state index in [0.717, 1.165) is 16.9 Å². The Labute approximate surface area is 145 Å². The monoisotopic (exact) mass is 331 g/mol. The molecule has 6 heteroatoms. The molecule has 0 aliphatic carbocycles. The van der Waals surface area contributed by atoms with Crippen molar-refractivity contribution in [2.75, 3.05) is 19.6 Å². The molecule has 1 atom stereocenters. The van der Waals surface area contributed by atoms with Crippen LogP contribution in [0.3, 0.4) is 0 Å². The van der Waals surface area contributed by atoms with Crippen LogP contribution in [0.15, 0.2) is 48.5 Å². The van der Waals surface area contributed by atoms with Gasteiger partial charge in [-0.2, -0.15) is 5.26 Å². The van der Waals surface area contributed by atoms with Gasteiger partial charge in [-0.05, 0) is 36.4 Å². The van der Waals surface area contributed by atoms with Crippen LogP contribution in [-0.2, 0) is 0 Å². The molecule has 1 amide bonds. The molecular weight excluding hydrogens is 314 g/mol. The highest BCUT2D eigenvalue weighted by Gasteiger charge is 2.26. The highest BCUT2D eigenvalue weighted by molar-refractivity contribution is 5.94. The van der Waals surface area contributed by atoms with E-state index in [2.05, 4.69) is 21.4 Å². The summed E-state index contributed by atoms with van der Waals surface area (Å²) >= 11 is 0. The second-order valence-electron chi connectivity index (χ2n) is 6.09. The fourth-order valence-corrected chi connectivity index (χ4v) is 3.13. The van der Waals surface area contributed by atoms with Gasteiger partial charge in [0.15, 0.2) is 0 Å². The molecule has 25 heavy (non-hydrogen) atoms. The number of rotatable bonds is 2. The number of hydrogen-bond donors (Lipinski definition) is 2. The summed E-state index contributed by atoms with van der Waals surface area (Å²) in [6.07, 6.45) is 0. The van der Waals surface area contributed by atoms with Crippen molar-refractivity contribution in [3.63, 3.8) is 0 Å². The maximum absolute atomic E-state index is 12.7. The zero-order valence-corrected chi connectivity index (χ0v) is 13.6. The topological polar surface area (TPSA) is 84.8 Å². The van der Waals surface area contributed by atoms with Crippen LogP contribution in [0.1, 0.15) is 27.8 Å². The summed E-state index contributed by atoms with van der Waals surface area (Å²) in [6.45, 7) is 1.91. The van der Waals surface area contributed by atoms with Crippen LogP contribution in [-0.4, -0.2) is 40.4 Å². The van der Waals surface area contributed by atoms with Gasteiger partial charge >= 0.3 is 0 Å². The van der Waals surface area contributed by atoms with E-state index in [4.69, 9.17) is 5.26 Å². The summed E-state index contributed by atoms with van der Waals surface area (Å²) in [5, 5.41) is 12.3. The Morgan fingerprint density at radius 2 is 2.00 bits per heavy atom. The van der Waals surface area contributed by atoms with Crippen LogP contribution >= 0.6 is 0 Å². The number of piperazine rings is 1. The third-order valence-corrected chi connectivity index (χ3v) is 4.46. The van der Waals surface area contributed by atoms with Gasteiger partial charge in [0.25, 0.3) is 5.91 Å². The van der Waals surface area contributed by atoms with Gasteiger partial charge in [0.1, 0.15) is 5.82 Å². The van der Waals surface area contributed by atoms with Gasteiger partial charge in [0.05, 0.1) is 28.7 Å². The van der Waals surface area contributed by atoms with Crippen molar-refractivity contribution in [1.82, 2.24) is 20.2 Å². The van der Waals surface area contributed by atoms with Gasteiger partial charge in [-0.3, -0.25) is 4.79 Å². The maximum Gasteiger partial charge on any atom is 0.253 e. The van der Waals surface area contributed by atoms with E-state index >= 15 is 0 Å². The van der Waals surface area contributed by atoms with Crippen LogP contribution in [0.5, 0.6) is 0 Å². The van der Waals surface area contributed by atoms with Gasteiger partial charge in [-0.25, -0.2) is 4.98 Å². The highest BCUT2D eigenvalue weighted by Crippen LogP contribution is 2.20. The Kier molecular flexibility index (Phi) is 3.92. The predicted molar refractivity (Wildman–Crippen MR) is 93.9 cm³/mol. The third kappa shape index (κ3) is 2.97. The molecule has 0 saturated carbocycles. The molecule has 1 unspecified atom stereocenters. The summed E-state index contributed by atoms with van der Waals surface area (Å²) in [5.74, 6) is 0.825. The van der Waals surface area contributed by atoms with Gasteiger partial charge < -0.3 is 15.2 Å². The molecule has 1 saturated heterocycles. The zero-order chi connectivity index (χ0) is 17.2. The van der Waals surface area contributed by atoms with Crippen molar-refractivity contribution in [2.24, 2.45) is 0 Å². The summed E-state index contributed by atoms with van der Waals surface area (Å²) < 4.78 is 0. The molecule has 2 heterocycles. The highest BCUT2D eigenvalue weighted by atomic mass is 16.2. The molecule has 1 aliphatic heterocycles. The molecule has 1 aliphatic rings. The molecule has 0 spiro atoms. The SMILES string of the molecule is N#Cc1ccc(C(=O)N2CCNC(c3nc4ccccc4[nH]3)C2)cc1. The van der Waals surface area contributed by atoms with Gasteiger partial charge in [0, 0.05) is 25.2 Å². The van der Waals surface area contributed by atoms with E-state index in [1.807, 2.05) is 29.2 Å². The fourth-order valence-electron chi connectivity index (χ4n) is 3.13. The lowest BCUT2D eigenvalue weighted by Crippen LogP contribution is -2.48. The number of hydrogen-bond acceptors (Lipinski definition) is 4. The lowest BCUT2D eigenvalue weighted by atomic mass is 10.1. The van der Waals surface area contributed by atoms with Gasteiger partial charge in [-0.15, -0.1) is 0 Å². The normalized spacial score (nSPS) is 17.4. The van der Waals surface area contributed by atoms with E-state index in [0.29, 0.717) is 30.8 Å². The summed E-state index contributed by atoms with van der Waals surface area (Å²) in [7, 11) is 0. The molecule has 2 aromatic carbocycles. The van der Waals surface area contributed by atoms with Crippen molar-refractivity contribution in [2.45, 2.75) is 6.04 Å². The molecule has 3 aromatic rings. The Morgan fingerprint density at radius 3 is 2.76 bits per heavy atom. The number of benzene rings is 2. The number of carbonyl (C=O) groups is 1. The van der Waals surface area contributed by atoms with Crippen LogP contribution in [0.25, 0.3) is 11.0 Å². The molecule has 1 aromatic heterocycles. The molecule has 0 radical (unpaired) electrons. The van der Waals surface area contributed by atoms with Crippen LogP contribution in [0.4, 0.5) is 0 Å². The number of aromatic amines is 1. The number of amides is 1. The number of nitrogens with zero attached hydrogens (tertiary/aromatic N) is 3. The lowest BCUT2D eigenvalue weighted by molar-refractivity contribution is 0.0700. The molecule has 6 nitrogen and oxygen atoms in total. The number of H-pyrrole nitrogens is 1. The van der Waals surface area contributed by atoms with E-state index in [-0.39, 0.29) is 11.9 Å². The molecule has 124 valence electrons. The van der Waals surface area contributed by atoms with Gasteiger partial charge in [0.2, 0.25) is 0 Å². The van der Waals surface area contributed by atoms with Crippen LogP contribution in [0.2, 0.25) is 0 Å². The van der Waals surface area contributed by atoms with Gasteiger partial charge in [-0.1, -0.05) is 12.1 Å². The molecule has 2 N–H and O–H groups in total. The van der Waals surface area contributed by atoms with Crippen molar-refractivity contribution < 1.29 is 4.79 Å². The maximum atomic E-state index is 12.7. The Morgan fingerprint density at radius 1 is 1.20 bits per heavy atom. The Bertz CT molecular complexity index is 921. The lowest BCUT2D eigenvalue weighted by Gasteiger charge is -2.32. The van der Waals surface area contributed by atoms with Crippen LogP contribution < -0.4 is 5.32 Å². The van der Waals surface area contributed by atoms with E-state index < -0.39 is 0 Å². The third-order valence-electron chi connectivity index (χ3n) is 4.46. The van der Waals surface area contributed by atoms with E-state index in [1.165, 1.54) is 0 Å². The first-order valence-corrected chi connectivity index (χ1v) is 8.22. The number of fused-ring (bicyclic) bond motifs is 1. The molecule has 0 bridgehead atoms. The first-order valence-electron chi connectivity index (χ1n) is 8.22. The molecule has 4 rings (SSSR count).